The number of ketones is 1. The van der Waals surface area contributed by atoms with Crippen LogP contribution in [-0.4, -0.2) is 54.4 Å². The van der Waals surface area contributed by atoms with Crippen LogP contribution >= 0.6 is 0 Å². The molecule has 1 aliphatic carbocycles. The molecule has 1 atom stereocenters. The normalized spacial score (nSPS) is 12.6. The Morgan fingerprint density at radius 2 is 1.64 bits per heavy atom. The van der Waals surface area contributed by atoms with E-state index in [1.165, 1.54) is 24.3 Å². The number of hydrogen-bond donors (Lipinski definition) is 1. The Bertz CT molecular complexity index is 1460. The van der Waals surface area contributed by atoms with E-state index in [4.69, 9.17) is 9.47 Å². The summed E-state index contributed by atoms with van der Waals surface area (Å²) in [6.07, 6.45) is 0.420. The molecule has 10 nitrogen and oxygen atoms in total. The van der Waals surface area contributed by atoms with Gasteiger partial charge in [0.2, 0.25) is 0 Å². The van der Waals surface area contributed by atoms with Gasteiger partial charge in [0.1, 0.15) is 12.4 Å². The van der Waals surface area contributed by atoms with E-state index in [9.17, 15) is 24.5 Å². The third kappa shape index (κ3) is 7.08. The van der Waals surface area contributed by atoms with Crippen LogP contribution in [0.3, 0.4) is 0 Å². The fourth-order valence-corrected chi connectivity index (χ4v) is 5.09. The molecule has 1 N–H and O–H groups in total. The monoisotopic (exact) mass is 571 g/mol. The fourth-order valence-electron chi connectivity index (χ4n) is 5.09. The number of rotatable bonds is 13. The Morgan fingerprint density at radius 3 is 2.24 bits per heavy atom. The topological polar surface area (TPSA) is 128 Å². The Labute approximate surface area is 244 Å². The number of amides is 1. The summed E-state index contributed by atoms with van der Waals surface area (Å²) in [4.78, 5) is 50.9. The second kappa shape index (κ2) is 13.7. The van der Waals surface area contributed by atoms with Gasteiger partial charge in [-0.05, 0) is 48.8 Å². The molecule has 4 rings (SSSR count). The average molecular weight is 572 g/mol. The maximum absolute atomic E-state index is 12.9. The van der Waals surface area contributed by atoms with Crippen molar-refractivity contribution in [3.63, 3.8) is 0 Å². The summed E-state index contributed by atoms with van der Waals surface area (Å²) in [7, 11) is 3.48. The lowest BCUT2D eigenvalue weighted by Gasteiger charge is -2.18. The molecule has 3 aromatic carbocycles. The van der Waals surface area contributed by atoms with Crippen LogP contribution in [0.2, 0.25) is 0 Å². The first kappa shape index (κ1) is 30.1. The van der Waals surface area contributed by atoms with Gasteiger partial charge in [-0.2, -0.15) is 0 Å². The Balaban J connectivity index is 1.34. The number of esters is 1. The average Bonchev–Trinajstić information content (AvgIpc) is 3.28. The van der Waals surface area contributed by atoms with Crippen molar-refractivity contribution in [2.75, 3.05) is 20.7 Å². The van der Waals surface area contributed by atoms with Crippen LogP contribution in [-0.2, 0) is 20.9 Å². The summed E-state index contributed by atoms with van der Waals surface area (Å²) >= 11 is 0. The van der Waals surface area contributed by atoms with Gasteiger partial charge in [-0.25, -0.2) is 4.79 Å². The third-order valence-electron chi connectivity index (χ3n) is 7.01. The number of nitro benzene ring substituents is 1. The lowest BCUT2D eigenvalue weighted by atomic mass is 9.98. The van der Waals surface area contributed by atoms with Gasteiger partial charge in [-0.1, -0.05) is 60.7 Å². The molecule has 0 aromatic heterocycles. The summed E-state index contributed by atoms with van der Waals surface area (Å²) in [6, 6.07) is 19.3. The number of nitro groups is 1. The molecule has 0 saturated heterocycles. The van der Waals surface area contributed by atoms with Crippen LogP contribution in [0.15, 0.2) is 79.4 Å². The van der Waals surface area contributed by atoms with Crippen LogP contribution in [0.25, 0.3) is 11.1 Å². The van der Waals surface area contributed by atoms with E-state index in [1.807, 2.05) is 48.5 Å². The number of alkyl carbamates (subject to hydrolysis) is 1. The quantitative estimate of drug-likeness (QED) is 0.0950. The van der Waals surface area contributed by atoms with Gasteiger partial charge in [0.15, 0.2) is 5.78 Å². The number of ether oxygens (including phenoxy) is 2. The minimum Gasteiger partial charge on any atom is -0.449 e. The highest BCUT2D eigenvalue weighted by molar-refractivity contribution is 5.90. The molecule has 10 heteroatoms. The summed E-state index contributed by atoms with van der Waals surface area (Å²) in [5.74, 6) is -1.18. The molecule has 0 spiro atoms. The lowest BCUT2D eigenvalue weighted by molar-refractivity contribution is -0.385. The van der Waals surface area contributed by atoms with E-state index in [0.29, 0.717) is 0 Å². The van der Waals surface area contributed by atoms with Crippen LogP contribution in [0.4, 0.5) is 10.5 Å². The summed E-state index contributed by atoms with van der Waals surface area (Å²) < 4.78 is 11.0. The Hall–Kier alpha value is -4.83. The molecule has 3 aromatic rings. The van der Waals surface area contributed by atoms with Crippen molar-refractivity contribution in [2.45, 2.75) is 37.8 Å². The van der Waals surface area contributed by atoms with E-state index in [-0.39, 0.29) is 55.3 Å². The Kier molecular flexibility index (Phi) is 9.82. The van der Waals surface area contributed by atoms with Crippen LogP contribution in [0, 0.1) is 10.1 Å². The maximum atomic E-state index is 12.9. The largest absolute Gasteiger partial charge is 0.449 e. The van der Waals surface area contributed by atoms with Crippen molar-refractivity contribution in [1.82, 2.24) is 10.2 Å². The van der Waals surface area contributed by atoms with Crippen LogP contribution in [0.5, 0.6) is 5.75 Å². The van der Waals surface area contributed by atoms with Crippen molar-refractivity contribution < 1.29 is 28.8 Å². The van der Waals surface area contributed by atoms with Gasteiger partial charge in [-0.3, -0.25) is 19.7 Å². The first-order chi connectivity index (χ1) is 20.2. The summed E-state index contributed by atoms with van der Waals surface area (Å²) in [6.45, 7) is 3.94. The molecule has 0 heterocycles. The zero-order valence-electron chi connectivity index (χ0n) is 23.6. The molecule has 218 valence electrons. The van der Waals surface area contributed by atoms with Crippen molar-refractivity contribution in [1.29, 1.82) is 0 Å². The molecule has 1 unspecified atom stereocenters. The number of carbonyl (C=O) groups is 3. The number of Topliss-reactive ketones (excluding diaryl/α,β-unsaturated/α-hetero) is 1. The van der Waals surface area contributed by atoms with Gasteiger partial charge in [0, 0.05) is 24.9 Å². The molecule has 0 saturated carbocycles. The molecular weight excluding hydrogens is 538 g/mol. The van der Waals surface area contributed by atoms with Crippen molar-refractivity contribution in [3.05, 3.63) is 106 Å². The summed E-state index contributed by atoms with van der Waals surface area (Å²) in [5, 5.41) is 14.1. The zero-order chi connectivity index (χ0) is 30.2. The number of nitrogens with one attached hydrogen (secondary N) is 1. The fraction of sp³-hybridized carbons (Fsp3) is 0.281. The van der Waals surface area contributed by atoms with Crippen molar-refractivity contribution in [2.24, 2.45) is 0 Å². The van der Waals surface area contributed by atoms with Crippen LogP contribution in [0.1, 0.15) is 41.9 Å². The third-order valence-corrected chi connectivity index (χ3v) is 7.01. The number of nitrogens with zero attached hydrogens (tertiary/aromatic N) is 2. The lowest BCUT2D eigenvalue weighted by Crippen LogP contribution is -2.41. The molecular formula is C32H33N3O7. The first-order valence-electron chi connectivity index (χ1n) is 13.6. The first-order valence-corrected chi connectivity index (χ1v) is 13.6. The van der Waals surface area contributed by atoms with Crippen molar-refractivity contribution in [3.8, 4) is 16.9 Å². The van der Waals surface area contributed by atoms with E-state index in [2.05, 4.69) is 11.9 Å². The number of fused-ring (bicyclic) bond motifs is 3. The molecule has 0 aliphatic heterocycles. The molecule has 0 fully saturated rings. The second-order valence-electron chi connectivity index (χ2n) is 10.2. The number of hydrogen-bond acceptors (Lipinski definition) is 8. The maximum Gasteiger partial charge on any atom is 0.407 e. The van der Waals surface area contributed by atoms with E-state index >= 15 is 0 Å². The number of carbonyl (C=O) groups excluding carboxylic acids is 3. The van der Waals surface area contributed by atoms with E-state index < -0.39 is 28.8 Å². The smallest absolute Gasteiger partial charge is 0.407 e. The van der Waals surface area contributed by atoms with Gasteiger partial charge in [0.05, 0.1) is 22.9 Å². The van der Waals surface area contributed by atoms with Gasteiger partial charge in [0.25, 0.3) is 5.69 Å². The van der Waals surface area contributed by atoms with Crippen molar-refractivity contribution >= 4 is 23.5 Å². The number of benzene rings is 3. The standard InChI is InChI=1S/C32H33N3O7/c1-4-10-27(29(36)17-18-31(37)42-30-16-9-15-28(35(39)40)25(30)19-34(2)3)33-32(38)41-20-26-23-13-7-5-11-21(23)22-12-6-8-14-24(22)26/h4-9,11-16,26-27H,1,10,17-20H2,2-3H3,(H,33,38). The Morgan fingerprint density at radius 1 is 1.00 bits per heavy atom. The van der Waals surface area contributed by atoms with E-state index in [0.717, 1.165) is 22.3 Å². The highest BCUT2D eigenvalue weighted by atomic mass is 16.6. The SMILES string of the molecule is C=CCC(NC(=O)OCC1c2ccccc2-c2ccccc21)C(=O)CCC(=O)Oc1cccc([N+](=O)[O-])c1CN(C)C. The highest BCUT2D eigenvalue weighted by Crippen LogP contribution is 2.44. The minimum absolute atomic E-state index is 0.0646. The zero-order valence-corrected chi connectivity index (χ0v) is 23.6. The highest BCUT2D eigenvalue weighted by Gasteiger charge is 2.30. The predicted octanol–water partition coefficient (Wildman–Crippen LogP) is 5.39. The van der Waals surface area contributed by atoms with Gasteiger partial charge >= 0.3 is 12.1 Å². The van der Waals surface area contributed by atoms with Gasteiger partial charge < -0.3 is 19.7 Å². The molecule has 1 amide bonds. The van der Waals surface area contributed by atoms with Crippen LogP contribution < -0.4 is 10.1 Å². The minimum atomic E-state index is -0.937. The molecule has 0 radical (unpaired) electrons. The molecule has 1 aliphatic rings. The predicted molar refractivity (Wildman–Crippen MR) is 157 cm³/mol. The van der Waals surface area contributed by atoms with Gasteiger partial charge in [-0.15, -0.1) is 6.58 Å². The summed E-state index contributed by atoms with van der Waals surface area (Å²) in [5.41, 5.74) is 4.44. The second-order valence-corrected chi connectivity index (χ2v) is 10.2. The molecule has 42 heavy (non-hydrogen) atoms. The van der Waals surface area contributed by atoms with E-state index in [1.54, 1.807) is 19.0 Å². The molecule has 0 bridgehead atoms.